The molecule has 0 N–H and O–H groups in total. The number of hydrogen-bond acceptors (Lipinski definition) is 6. The van der Waals surface area contributed by atoms with Gasteiger partial charge in [-0.2, -0.15) is 9.36 Å². The maximum absolute atomic E-state index is 13.0. The van der Waals surface area contributed by atoms with Crippen molar-refractivity contribution < 1.29 is 0 Å². The zero-order valence-corrected chi connectivity index (χ0v) is 18.5. The van der Waals surface area contributed by atoms with E-state index in [1.54, 1.807) is 16.7 Å². The Labute approximate surface area is 188 Å². The molecule has 0 saturated heterocycles. The summed E-state index contributed by atoms with van der Waals surface area (Å²) in [7, 11) is 0. The summed E-state index contributed by atoms with van der Waals surface area (Å²) in [5, 5.41) is 8.17. The van der Waals surface area contributed by atoms with Crippen molar-refractivity contribution in [2.45, 2.75) is 58.7 Å². The Morgan fingerprint density at radius 2 is 1.62 bits per heavy atom. The van der Waals surface area contributed by atoms with Gasteiger partial charge in [-0.05, 0) is 41.8 Å². The normalized spacial score (nSPS) is 12.8. The number of benzene rings is 1. The first kappa shape index (κ1) is 21.9. The van der Waals surface area contributed by atoms with Crippen LogP contribution in [0.15, 0.2) is 49.7 Å². The van der Waals surface area contributed by atoms with E-state index >= 15 is 0 Å². The molecule has 1 aliphatic rings. The minimum absolute atomic E-state index is 0.246. The van der Waals surface area contributed by atoms with Gasteiger partial charge in [0.25, 0.3) is 5.56 Å². The fourth-order valence-corrected chi connectivity index (χ4v) is 3.93. The van der Waals surface area contributed by atoms with Gasteiger partial charge < -0.3 is 0 Å². The lowest BCUT2D eigenvalue weighted by molar-refractivity contribution is 0.474. The number of rotatable bonds is 9. The van der Waals surface area contributed by atoms with Crippen molar-refractivity contribution in [1.82, 2.24) is 28.9 Å². The van der Waals surface area contributed by atoms with E-state index in [0.29, 0.717) is 48.2 Å². The molecule has 0 unspecified atom stereocenters. The summed E-state index contributed by atoms with van der Waals surface area (Å²) in [5.41, 5.74) is 0.0585. The maximum Gasteiger partial charge on any atom is 0.368 e. The second kappa shape index (κ2) is 9.47. The third-order valence-corrected chi connectivity index (χ3v) is 5.64. The van der Waals surface area contributed by atoms with Crippen molar-refractivity contribution in [3.63, 3.8) is 0 Å². The van der Waals surface area contributed by atoms with E-state index in [-0.39, 0.29) is 29.9 Å². The van der Waals surface area contributed by atoms with Crippen LogP contribution >= 0.6 is 11.6 Å². The third-order valence-electron chi connectivity index (χ3n) is 5.42. The van der Waals surface area contributed by atoms with E-state index in [1.807, 2.05) is 25.1 Å². The molecule has 11 heteroatoms. The zero-order chi connectivity index (χ0) is 22.7. The van der Waals surface area contributed by atoms with Gasteiger partial charge in [0.2, 0.25) is 0 Å². The number of aryl methyl sites for hydroxylation is 1. The summed E-state index contributed by atoms with van der Waals surface area (Å²) in [6.07, 6.45) is 3.05. The first-order valence-electron chi connectivity index (χ1n) is 10.7. The number of unbranched alkanes of at least 4 members (excludes halogenated alkanes) is 2. The SMILES string of the molecule is CCCCn1c2c(c(=O)n(CCCCn3nnn(-c4ccccc4)c3=O)c1=O)CC(Cl)=N2. The summed E-state index contributed by atoms with van der Waals surface area (Å²) >= 11 is 6.06. The van der Waals surface area contributed by atoms with Crippen molar-refractivity contribution >= 4 is 22.6 Å². The van der Waals surface area contributed by atoms with Crippen molar-refractivity contribution in [3.05, 3.63) is 67.2 Å². The average molecular weight is 458 g/mol. The van der Waals surface area contributed by atoms with Gasteiger partial charge in [0.15, 0.2) is 0 Å². The van der Waals surface area contributed by atoms with Gasteiger partial charge in [-0.25, -0.2) is 14.6 Å². The monoisotopic (exact) mass is 457 g/mol. The second-order valence-electron chi connectivity index (χ2n) is 7.65. The number of halogens is 1. The summed E-state index contributed by atoms with van der Waals surface area (Å²) < 4.78 is 5.32. The Kier molecular flexibility index (Phi) is 6.50. The lowest BCUT2D eigenvalue weighted by Gasteiger charge is -2.13. The molecule has 3 heterocycles. The molecular weight excluding hydrogens is 434 g/mol. The molecular formula is C21H24ClN7O3. The summed E-state index contributed by atoms with van der Waals surface area (Å²) in [6.45, 7) is 3.11. The highest BCUT2D eigenvalue weighted by molar-refractivity contribution is 6.66. The van der Waals surface area contributed by atoms with Crippen molar-refractivity contribution in [3.8, 4) is 5.69 Å². The minimum Gasteiger partial charge on any atom is -0.278 e. The van der Waals surface area contributed by atoms with Crippen LogP contribution in [0.2, 0.25) is 0 Å². The van der Waals surface area contributed by atoms with E-state index in [1.165, 1.54) is 13.9 Å². The zero-order valence-electron chi connectivity index (χ0n) is 17.8. The van der Waals surface area contributed by atoms with E-state index in [0.717, 1.165) is 12.8 Å². The molecule has 0 atom stereocenters. The molecule has 0 amide bonds. The second-order valence-corrected chi connectivity index (χ2v) is 8.09. The number of aromatic nitrogens is 6. The van der Waals surface area contributed by atoms with Crippen LogP contribution in [0, 0.1) is 0 Å². The van der Waals surface area contributed by atoms with Crippen LogP contribution in [0.4, 0.5) is 5.82 Å². The Morgan fingerprint density at radius 3 is 2.38 bits per heavy atom. The first-order chi connectivity index (χ1) is 15.5. The standard InChI is InChI=1S/C21H24ClN7O3/c1-2-3-11-26-18-16(14-17(22)23-18)19(30)27(20(26)31)12-7-8-13-28-21(32)29(25-24-28)15-9-5-4-6-10-15/h4-6,9-10H,2-3,7-8,11-14H2,1H3. The molecule has 1 aromatic carbocycles. The Hall–Kier alpha value is -3.27. The van der Waals surface area contributed by atoms with Crippen LogP contribution in [-0.2, 0) is 26.1 Å². The number of nitrogens with zero attached hydrogens (tertiary/aromatic N) is 7. The molecule has 0 radical (unpaired) electrons. The molecule has 0 bridgehead atoms. The molecule has 2 aromatic heterocycles. The van der Waals surface area contributed by atoms with Gasteiger partial charge >= 0.3 is 11.4 Å². The lowest BCUT2D eigenvalue weighted by Crippen LogP contribution is -2.41. The quantitative estimate of drug-likeness (QED) is 0.455. The fourth-order valence-electron chi connectivity index (χ4n) is 3.72. The van der Waals surface area contributed by atoms with Crippen molar-refractivity contribution in [2.75, 3.05) is 0 Å². The van der Waals surface area contributed by atoms with Crippen LogP contribution in [0.5, 0.6) is 0 Å². The van der Waals surface area contributed by atoms with Crippen molar-refractivity contribution in [2.24, 2.45) is 4.99 Å². The summed E-state index contributed by atoms with van der Waals surface area (Å²) in [5.74, 6) is 0.388. The Morgan fingerprint density at radius 1 is 0.906 bits per heavy atom. The number of fused-ring (bicyclic) bond motifs is 1. The Balaban J connectivity index is 1.47. The molecule has 168 valence electrons. The number of hydrogen-bond donors (Lipinski definition) is 0. The first-order valence-corrected chi connectivity index (χ1v) is 11.1. The van der Waals surface area contributed by atoms with Crippen LogP contribution in [-0.4, -0.2) is 34.1 Å². The molecule has 10 nitrogen and oxygen atoms in total. The molecule has 4 rings (SSSR count). The summed E-state index contributed by atoms with van der Waals surface area (Å²) in [6, 6.07) is 9.05. The molecule has 0 fully saturated rings. The van der Waals surface area contributed by atoms with E-state index < -0.39 is 0 Å². The Bertz CT molecular complexity index is 1320. The highest BCUT2D eigenvalue weighted by Gasteiger charge is 2.24. The maximum atomic E-state index is 13.0. The topological polar surface area (TPSA) is 109 Å². The van der Waals surface area contributed by atoms with E-state index in [9.17, 15) is 14.4 Å². The number of tetrazole rings is 1. The largest absolute Gasteiger partial charge is 0.368 e. The van der Waals surface area contributed by atoms with Crippen LogP contribution in [0.25, 0.3) is 5.69 Å². The number of aliphatic imine (C=N–C) groups is 1. The minimum atomic E-state index is -0.371. The smallest absolute Gasteiger partial charge is 0.278 e. The van der Waals surface area contributed by atoms with Gasteiger partial charge in [0.05, 0.1) is 11.3 Å². The van der Waals surface area contributed by atoms with Gasteiger partial charge in [0, 0.05) is 26.1 Å². The average Bonchev–Trinajstić information content (AvgIpc) is 3.36. The predicted molar refractivity (Wildman–Crippen MR) is 121 cm³/mol. The molecule has 0 saturated carbocycles. The molecule has 1 aliphatic heterocycles. The summed E-state index contributed by atoms with van der Waals surface area (Å²) in [4.78, 5) is 42.6. The van der Waals surface area contributed by atoms with Gasteiger partial charge in [-0.1, -0.05) is 43.1 Å². The van der Waals surface area contributed by atoms with Crippen LogP contribution in [0.3, 0.4) is 0 Å². The van der Waals surface area contributed by atoms with Gasteiger partial charge in [-0.15, -0.1) is 0 Å². The lowest BCUT2D eigenvalue weighted by atomic mass is 10.2. The fraction of sp³-hybridized carbons (Fsp3) is 0.429. The highest BCUT2D eigenvalue weighted by atomic mass is 35.5. The van der Waals surface area contributed by atoms with E-state index in [2.05, 4.69) is 15.4 Å². The van der Waals surface area contributed by atoms with Gasteiger partial charge in [0.1, 0.15) is 11.0 Å². The van der Waals surface area contributed by atoms with Crippen LogP contribution < -0.4 is 16.9 Å². The molecule has 0 spiro atoms. The third kappa shape index (κ3) is 4.22. The number of para-hydroxylation sites is 1. The van der Waals surface area contributed by atoms with Gasteiger partial charge in [-0.3, -0.25) is 13.9 Å². The highest BCUT2D eigenvalue weighted by Crippen LogP contribution is 2.24. The van der Waals surface area contributed by atoms with E-state index in [4.69, 9.17) is 11.6 Å². The van der Waals surface area contributed by atoms with Crippen molar-refractivity contribution in [1.29, 1.82) is 0 Å². The molecule has 32 heavy (non-hydrogen) atoms. The molecule has 3 aromatic rings. The predicted octanol–water partition coefficient (Wildman–Crippen LogP) is 1.86. The molecule has 0 aliphatic carbocycles. The van der Waals surface area contributed by atoms with Crippen LogP contribution in [0.1, 0.15) is 38.2 Å².